The van der Waals surface area contributed by atoms with E-state index in [1.54, 1.807) is 11.1 Å². The Labute approximate surface area is 378 Å². The predicted octanol–water partition coefficient (Wildman–Crippen LogP) is 21.9. The molecule has 0 nitrogen and oxygen atoms in total. The lowest BCUT2D eigenvalue weighted by Crippen LogP contribution is -1.97. The second-order valence-corrected chi connectivity index (χ2v) is 20.0. The van der Waals surface area contributed by atoms with Crippen LogP contribution in [0.25, 0.3) is 10.8 Å². The maximum absolute atomic E-state index is 2.48. The van der Waals surface area contributed by atoms with Crippen LogP contribution in [0.5, 0.6) is 0 Å². The van der Waals surface area contributed by atoms with E-state index < -0.39 is 0 Å². The average Bonchev–Trinajstić information content (AvgIpc) is 3.27. The highest BCUT2D eigenvalue weighted by Crippen LogP contribution is 2.27. The number of hydrogen-bond donors (Lipinski definition) is 0. The van der Waals surface area contributed by atoms with E-state index in [4.69, 9.17) is 0 Å². The quantitative estimate of drug-likeness (QED) is 0.0583. The van der Waals surface area contributed by atoms with E-state index in [2.05, 4.69) is 50.2 Å². The third kappa shape index (κ3) is 33.3. The smallest absolute Gasteiger partial charge is 0.0149 e. The van der Waals surface area contributed by atoms with Gasteiger partial charge in [0.15, 0.2) is 0 Å². The number of benzene rings is 2. The molecule has 0 heterocycles. The standard InChI is InChI=1S/C60H108/c1-3-5-7-9-11-13-15-17-19-20-21-22-23-24-25-26-27-28-29-30-31-32-33-34-35-36-38-40-42-44-46-48-53-59-57(55-56-58-52-49-50-54-60(58)59)51-47-45-43-41-39-37-18-16-14-12-10-8-6-4-2/h49-50,52,54-56H,3-48,51,53H2,1-2H3. The first-order valence-electron chi connectivity index (χ1n) is 28.4. The predicted molar refractivity (Wildman–Crippen MR) is 275 cm³/mol. The highest BCUT2D eigenvalue weighted by molar-refractivity contribution is 5.86. The fourth-order valence-corrected chi connectivity index (χ4v) is 10.1. The molecule has 0 aliphatic rings. The molecule has 0 spiro atoms. The Bertz CT molecular complexity index is 1130. The Balaban J connectivity index is 1.33. The lowest BCUT2D eigenvalue weighted by atomic mass is 9.91. The summed E-state index contributed by atoms with van der Waals surface area (Å²) in [6, 6.07) is 14.0. The summed E-state index contributed by atoms with van der Waals surface area (Å²) in [5.74, 6) is 0. The van der Waals surface area contributed by atoms with Crippen molar-refractivity contribution in [1.82, 2.24) is 0 Å². The summed E-state index contributed by atoms with van der Waals surface area (Å²) in [4.78, 5) is 0. The molecule has 2 rings (SSSR count). The van der Waals surface area contributed by atoms with Crippen LogP contribution in [0.15, 0.2) is 36.4 Å². The third-order valence-electron chi connectivity index (χ3n) is 14.2. The molecule has 0 radical (unpaired) electrons. The van der Waals surface area contributed by atoms with Crippen molar-refractivity contribution in [3.63, 3.8) is 0 Å². The molecule has 0 heteroatoms. The van der Waals surface area contributed by atoms with Crippen molar-refractivity contribution in [3.8, 4) is 0 Å². The van der Waals surface area contributed by atoms with E-state index >= 15 is 0 Å². The van der Waals surface area contributed by atoms with Crippen LogP contribution in [0.2, 0.25) is 0 Å². The van der Waals surface area contributed by atoms with Gasteiger partial charge in [0.25, 0.3) is 0 Å². The van der Waals surface area contributed by atoms with Crippen LogP contribution in [0.3, 0.4) is 0 Å². The molecule has 60 heavy (non-hydrogen) atoms. The largest absolute Gasteiger partial charge is 0.0654 e. The van der Waals surface area contributed by atoms with Gasteiger partial charge in [-0.05, 0) is 47.6 Å². The average molecular weight is 830 g/mol. The van der Waals surface area contributed by atoms with E-state index in [1.165, 1.54) is 319 Å². The first kappa shape index (κ1) is 54.8. The minimum Gasteiger partial charge on any atom is -0.0654 e. The molecule has 0 fully saturated rings. The molecule has 0 bridgehead atoms. The Hall–Kier alpha value is -1.30. The Morgan fingerprint density at radius 1 is 0.233 bits per heavy atom. The minimum atomic E-state index is 1.27. The Morgan fingerprint density at radius 2 is 0.483 bits per heavy atom. The van der Waals surface area contributed by atoms with E-state index in [1.807, 2.05) is 0 Å². The van der Waals surface area contributed by atoms with E-state index in [-0.39, 0.29) is 0 Å². The number of hydrogen-bond acceptors (Lipinski definition) is 0. The van der Waals surface area contributed by atoms with Crippen molar-refractivity contribution >= 4 is 10.8 Å². The van der Waals surface area contributed by atoms with Crippen LogP contribution in [-0.2, 0) is 12.8 Å². The van der Waals surface area contributed by atoms with Crippen molar-refractivity contribution in [1.29, 1.82) is 0 Å². The maximum Gasteiger partial charge on any atom is -0.0149 e. The van der Waals surface area contributed by atoms with Crippen LogP contribution in [0, 0.1) is 0 Å². The highest BCUT2D eigenvalue weighted by Gasteiger charge is 2.08. The molecule has 348 valence electrons. The van der Waals surface area contributed by atoms with Gasteiger partial charge in [0.1, 0.15) is 0 Å². The molecule has 0 saturated heterocycles. The second kappa shape index (κ2) is 44.3. The molecular weight excluding hydrogens is 721 g/mol. The van der Waals surface area contributed by atoms with Gasteiger partial charge in [-0.15, -0.1) is 0 Å². The molecule has 2 aromatic carbocycles. The minimum absolute atomic E-state index is 1.27. The molecule has 0 saturated carbocycles. The first-order chi connectivity index (χ1) is 29.9. The summed E-state index contributed by atoms with van der Waals surface area (Å²) in [6.45, 7) is 4.63. The van der Waals surface area contributed by atoms with Crippen LogP contribution >= 0.6 is 0 Å². The number of unbranched alkanes of at least 4 members (excludes halogenated alkanes) is 44. The van der Waals surface area contributed by atoms with Crippen molar-refractivity contribution in [2.75, 3.05) is 0 Å². The van der Waals surface area contributed by atoms with Gasteiger partial charge in [-0.1, -0.05) is 333 Å². The van der Waals surface area contributed by atoms with Gasteiger partial charge in [-0.25, -0.2) is 0 Å². The molecule has 0 unspecified atom stereocenters. The van der Waals surface area contributed by atoms with Crippen molar-refractivity contribution < 1.29 is 0 Å². The van der Waals surface area contributed by atoms with Crippen LogP contribution < -0.4 is 0 Å². The monoisotopic (exact) mass is 829 g/mol. The molecule has 0 aliphatic carbocycles. The first-order valence-corrected chi connectivity index (χ1v) is 28.4. The van der Waals surface area contributed by atoms with Crippen molar-refractivity contribution in [2.24, 2.45) is 0 Å². The molecule has 0 amide bonds. The third-order valence-corrected chi connectivity index (χ3v) is 14.2. The molecule has 0 atom stereocenters. The fourth-order valence-electron chi connectivity index (χ4n) is 10.1. The van der Waals surface area contributed by atoms with Crippen LogP contribution in [0.4, 0.5) is 0 Å². The summed E-state index contributed by atoms with van der Waals surface area (Å²) < 4.78 is 0. The Kier molecular flexibility index (Phi) is 40.5. The van der Waals surface area contributed by atoms with Crippen LogP contribution in [0.1, 0.15) is 320 Å². The number of aryl methyl sites for hydroxylation is 2. The van der Waals surface area contributed by atoms with Crippen molar-refractivity contribution in [2.45, 2.75) is 322 Å². The van der Waals surface area contributed by atoms with E-state index in [0.717, 1.165) is 0 Å². The maximum atomic E-state index is 2.48. The summed E-state index contributed by atoms with van der Waals surface area (Å²) in [5.41, 5.74) is 3.32. The molecular formula is C60H108. The lowest BCUT2D eigenvalue weighted by molar-refractivity contribution is 0.512. The van der Waals surface area contributed by atoms with Gasteiger partial charge in [0, 0.05) is 0 Å². The highest BCUT2D eigenvalue weighted by atomic mass is 14.1. The summed E-state index contributed by atoms with van der Waals surface area (Å²) in [5, 5.41) is 2.97. The van der Waals surface area contributed by atoms with Gasteiger partial charge in [-0.3, -0.25) is 0 Å². The van der Waals surface area contributed by atoms with E-state index in [0.29, 0.717) is 0 Å². The normalized spacial score (nSPS) is 11.7. The number of rotatable bonds is 48. The van der Waals surface area contributed by atoms with Gasteiger partial charge < -0.3 is 0 Å². The van der Waals surface area contributed by atoms with Gasteiger partial charge in [0.05, 0.1) is 0 Å². The van der Waals surface area contributed by atoms with Gasteiger partial charge >= 0.3 is 0 Å². The molecule has 0 aromatic heterocycles. The zero-order chi connectivity index (χ0) is 42.5. The number of fused-ring (bicyclic) bond motifs is 1. The summed E-state index contributed by atoms with van der Waals surface area (Å²) >= 11 is 0. The Morgan fingerprint density at radius 3 is 0.783 bits per heavy atom. The fraction of sp³-hybridized carbons (Fsp3) is 0.833. The molecule has 0 aliphatic heterocycles. The zero-order valence-corrected chi connectivity index (χ0v) is 41.4. The van der Waals surface area contributed by atoms with Gasteiger partial charge in [-0.2, -0.15) is 0 Å². The van der Waals surface area contributed by atoms with Crippen LogP contribution in [-0.4, -0.2) is 0 Å². The topological polar surface area (TPSA) is 0 Å². The lowest BCUT2D eigenvalue weighted by Gasteiger charge is -2.14. The molecule has 2 aromatic rings. The summed E-state index contributed by atoms with van der Waals surface area (Å²) in [7, 11) is 0. The second-order valence-electron chi connectivity index (χ2n) is 20.0. The van der Waals surface area contributed by atoms with Gasteiger partial charge in [0.2, 0.25) is 0 Å². The zero-order valence-electron chi connectivity index (χ0n) is 41.4. The van der Waals surface area contributed by atoms with E-state index in [9.17, 15) is 0 Å². The summed E-state index contributed by atoms with van der Waals surface area (Å²) in [6.07, 6.45) is 69.7. The SMILES string of the molecule is CCCCCCCCCCCCCCCCCCCCCCCCCCCCCCCCCCc1c(CCCCCCCCCCCCCCCC)ccc2ccccc12. The molecule has 0 N–H and O–H groups in total. The van der Waals surface area contributed by atoms with Crippen molar-refractivity contribution in [3.05, 3.63) is 47.5 Å².